The highest BCUT2D eigenvalue weighted by atomic mass is 32.2. The van der Waals surface area contributed by atoms with Crippen LogP contribution in [0.3, 0.4) is 0 Å². The van der Waals surface area contributed by atoms with Crippen LogP contribution in [0.25, 0.3) is 5.76 Å². The van der Waals surface area contributed by atoms with E-state index in [4.69, 9.17) is 0 Å². The molecule has 0 aliphatic carbocycles. The quantitative estimate of drug-likeness (QED) is 0.486. The monoisotopic (exact) mass is 298 g/mol. The Kier molecular flexibility index (Phi) is 4.69. The van der Waals surface area contributed by atoms with E-state index in [2.05, 4.69) is 4.18 Å². The van der Waals surface area contributed by atoms with Gasteiger partial charge in [-0.3, -0.25) is 0 Å². The zero-order chi connectivity index (χ0) is 13.8. The van der Waals surface area contributed by atoms with Gasteiger partial charge in [0.1, 0.15) is 0 Å². The van der Waals surface area contributed by atoms with Crippen molar-refractivity contribution in [3.05, 3.63) is 41.3 Å². The maximum Gasteiger partial charge on any atom is 0.534 e. The average molecular weight is 298 g/mol. The van der Waals surface area contributed by atoms with Gasteiger partial charge in [0.2, 0.25) is 0 Å². The van der Waals surface area contributed by atoms with Gasteiger partial charge < -0.3 is 4.18 Å². The summed E-state index contributed by atoms with van der Waals surface area (Å²) in [5.41, 5.74) is -5.20. The molecule has 0 N–H and O–H groups in total. The van der Waals surface area contributed by atoms with Crippen LogP contribution < -0.4 is 0 Å². The first-order valence-corrected chi connectivity index (χ1v) is 7.26. The molecule has 0 bridgehead atoms. The van der Waals surface area contributed by atoms with Crippen molar-refractivity contribution in [3.8, 4) is 0 Å². The highest BCUT2D eigenvalue weighted by Gasteiger charge is 2.48. The summed E-state index contributed by atoms with van der Waals surface area (Å²) in [5.74, 6) is -0.361. The minimum atomic E-state index is -5.65. The van der Waals surface area contributed by atoms with Crippen LogP contribution >= 0.6 is 11.8 Å². The molecule has 1 aromatic carbocycles. The molecule has 0 aliphatic heterocycles. The lowest BCUT2D eigenvalue weighted by molar-refractivity contribution is -0.0509. The Hall–Kier alpha value is -1.15. The lowest BCUT2D eigenvalue weighted by atomic mass is 10.2. The van der Waals surface area contributed by atoms with Crippen LogP contribution in [-0.4, -0.2) is 20.2 Å². The SMILES string of the molecule is CS/C=C(\OS(=O)(=O)C(F)(F)F)c1ccccc1. The number of hydrogen-bond acceptors (Lipinski definition) is 4. The van der Waals surface area contributed by atoms with Gasteiger partial charge in [-0.2, -0.15) is 21.6 Å². The number of alkyl halides is 3. The average Bonchev–Trinajstić information content (AvgIpc) is 2.28. The Bertz CT molecular complexity index is 521. The minimum absolute atomic E-state index is 0.250. The van der Waals surface area contributed by atoms with Gasteiger partial charge in [-0.15, -0.1) is 11.8 Å². The van der Waals surface area contributed by atoms with Gasteiger partial charge in [-0.1, -0.05) is 30.3 Å². The maximum absolute atomic E-state index is 12.2. The van der Waals surface area contributed by atoms with E-state index in [1.807, 2.05) is 0 Å². The molecule has 0 saturated heterocycles. The second-order valence-electron chi connectivity index (χ2n) is 3.07. The standard InChI is InChI=1S/C10H9F3O3S2/c1-17-7-9(8-5-3-2-4-6-8)16-18(14,15)10(11,12)13/h2-7H,1H3/b9-7-. The van der Waals surface area contributed by atoms with Crippen molar-refractivity contribution in [2.24, 2.45) is 0 Å². The van der Waals surface area contributed by atoms with Gasteiger partial charge in [0, 0.05) is 11.0 Å². The lowest BCUT2D eigenvalue weighted by Gasteiger charge is -2.12. The summed E-state index contributed by atoms with van der Waals surface area (Å²) in [6.07, 6.45) is 1.58. The molecular formula is C10H9F3O3S2. The molecule has 0 aromatic heterocycles. The predicted octanol–water partition coefficient (Wildman–Crippen LogP) is 3.21. The third-order valence-electron chi connectivity index (χ3n) is 1.77. The summed E-state index contributed by atoms with van der Waals surface area (Å²) >= 11 is 1.04. The fourth-order valence-corrected chi connectivity index (χ4v) is 1.95. The van der Waals surface area contributed by atoms with Crippen molar-refractivity contribution in [3.63, 3.8) is 0 Å². The van der Waals surface area contributed by atoms with E-state index in [0.29, 0.717) is 0 Å². The summed E-state index contributed by atoms with van der Waals surface area (Å²) in [6, 6.07) is 7.68. The summed E-state index contributed by atoms with van der Waals surface area (Å²) in [4.78, 5) is 0. The highest BCUT2D eigenvalue weighted by molar-refractivity contribution is 8.01. The van der Waals surface area contributed by atoms with Crippen molar-refractivity contribution in [2.75, 3.05) is 6.26 Å². The molecule has 0 atom stereocenters. The normalized spacial score (nSPS) is 13.4. The van der Waals surface area contributed by atoms with Crippen LogP contribution in [0.1, 0.15) is 5.56 Å². The largest absolute Gasteiger partial charge is 0.534 e. The van der Waals surface area contributed by atoms with E-state index in [-0.39, 0.29) is 11.3 Å². The molecule has 3 nitrogen and oxygen atoms in total. The Morgan fingerprint density at radius 2 is 1.83 bits per heavy atom. The van der Waals surface area contributed by atoms with E-state index < -0.39 is 15.6 Å². The van der Waals surface area contributed by atoms with Gasteiger partial charge in [0.25, 0.3) is 0 Å². The second-order valence-corrected chi connectivity index (χ2v) is 5.31. The summed E-state index contributed by atoms with van der Waals surface area (Å²) in [6.45, 7) is 0. The van der Waals surface area contributed by atoms with E-state index >= 15 is 0 Å². The third kappa shape index (κ3) is 3.67. The molecular weight excluding hydrogens is 289 g/mol. The number of benzene rings is 1. The van der Waals surface area contributed by atoms with Crippen LogP contribution in [0.15, 0.2) is 35.7 Å². The molecule has 0 spiro atoms. The van der Waals surface area contributed by atoms with E-state index in [9.17, 15) is 21.6 Å². The molecule has 18 heavy (non-hydrogen) atoms. The molecule has 0 aliphatic rings. The molecule has 0 unspecified atom stereocenters. The first kappa shape index (κ1) is 14.9. The van der Waals surface area contributed by atoms with E-state index in [1.165, 1.54) is 17.5 Å². The molecule has 0 saturated carbocycles. The smallest absolute Gasteiger partial charge is 0.375 e. The number of rotatable bonds is 4. The van der Waals surface area contributed by atoms with Crippen LogP contribution in [0.5, 0.6) is 0 Å². The molecule has 0 amide bonds. The van der Waals surface area contributed by atoms with Gasteiger partial charge in [0.15, 0.2) is 5.76 Å². The summed E-state index contributed by atoms with van der Waals surface area (Å²) < 4.78 is 62.6. The topological polar surface area (TPSA) is 43.4 Å². The molecule has 1 aromatic rings. The Morgan fingerprint density at radius 1 is 1.28 bits per heavy atom. The fourth-order valence-electron chi connectivity index (χ4n) is 1.01. The minimum Gasteiger partial charge on any atom is -0.375 e. The van der Waals surface area contributed by atoms with Gasteiger partial charge in [0.05, 0.1) is 0 Å². The van der Waals surface area contributed by atoms with Gasteiger partial charge >= 0.3 is 15.6 Å². The van der Waals surface area contributed by atoms with Crippen molar-refractivity contribution in [2.45, 2.75) is 5.51 Å². The van der Waals surface area contributed by atoms with Gasteiger partial charge in [-0.05, 0) is 6.26 Å². The van der Waals surface area contributed by atoms with Crippen molar-refractivity contribution >= 4 is 27.6 Å². The summed E-state index contributed by atoms with van der Waals surface area (Å²) in [7, 11) is -5.65. The number of halogens is 3. The van der Waals surface area contributed by atoms with E-state index in [1.54, 1.807) is 24.5 Å². The van der Waals surface area contributed by atoms with Crippen molar-refractivity contribution in [1.82, 2.24) is 0 Å². The van der Waals surface area contributed by atoms with Crippen LogP contribution in [0.4, 0.5) is 13.2 Å². The first-order valence-electron chi connectivity index (χ1n) is 4.57. The number of thioether (sulfide) groups is 1. The molecule has 8 heteroatoms. The zero-order valence-electron chi connectivity index (χ0n) is 9.14. The van der Waals surface area contributed by atoms with Gasteiger partial charge in [-0.25, -0.2) is 0 Å². The first-order chi connectivity index (χ1) is 8.28. The Labute approximate surface area is 107 Å². The lowest BCUT2D eigenvalue weighted by Crippen LogP contribution is -2.25. The fraction of sp³-hybridized carbons (Fsp3) is 0.200. The third-order valence-corrected chi connectivity index (χ3v) is 3.18. The summed E-state index contributed by atoms with van der Waals surface area (Å²) in [5, 5.41) is 1.19. The van der Waals surface area contributed by atoms with Crippen LogP contribution in [0, 0.1) is 0 Å². The van der Waals surface area contributed by atoms with E-state index in [0.717, 1.165) is 11.8 Å². The zero-order valence-corrected chi connectivity index (χ0v) is 10.8. The number of hydrogen-bond donors (Lipinski definition) is 0. The molecule has 1 rings (SSSR count). The molecule has 0 fully saturated rings. The molecule has 0 heterocycles. The highest BCUT2D eigenvalue weighted by Crippen LogP contribution is 2.30. The van der Waals surface area contributed by atoms with Crippen molar-refractivity contribution in [1.29, 1.82) is 0 Å². The van der Waals surface area contributed by atoms with Crippen molar-refractivity contribution < 1.29 is 25.8 Å². The molecule has 0 radical (unpaired) electrons. The van der Waals surface area contributed by atoms with Crippen LogP contribution in [0.2, 0.25) is 0 Å². The Balaban J connectivity index is 3.09. The predicted molar refractivity (Wildman–Crippen MR) is 64.0 cm³/mol. The second kappa shape index (κ2) is 5.66. The Morgan fingerprint density at radius 3 is 2.28 bits per heavy atom. The maximum atomic E-state index is 12.2. The van der Waals surface area contributed by atoms with Crippen LogP contribution in [-0.2, 0) is 14.3 Å². The molecule has 100 valence electrons.